The fourth-order valence-corrected chi connectivity index (χ4v) is 1.83. The number of aryl methyl sites for hydroxylation is 1. The molecule has 0 aliphatic rings. The molecule has 1 aromatic carbocycles. The van der Waals surface area contributed by atoms with Crippen molar-refractivity contribution in [2.75, 3.05) is 14.2 Å². The highest BCUT2D eigenvalue weighted by Crippen LogP contribution is 2.30. The van der Waals surface area contributed by atoms with Gasteiger partial charge in [-0.05, 0) is 19.1 Å². The van der Waals surface area contributed by atoms with Crippen molar-refractivity contribution in [3.05, 3.63) is 35.7 Å². The maximum Gasteiger partial charge on any atom is 0.249 e. The summed E-state index contributed by atoms with van der Waals surface area (Å²) < 4.78 is 10.9. The molecule has 1 heterocycles. The van der Waals surface area contributed by atoms with Gasteiger partial charge in [-0.3, -0.25) is 9.63 Å². The Morgan fingerprint density at radius 3 is 2.80 bits per heavy atom. The summed E-state index contributed by atoms with van der Waals surface area (Å²) in [7, 11) is 2.97. The van der Waals surface area contributed by atoms with Crippen molar-refractivity contribution in [2.45, 2.75) is 13.3 Å². The lowest BCUT2D eigenvalue weighted by Crippen LogP contribution is -2.24. The number of carbonyl (C=O) groups excluding carboxylic acids is 1. The number of para-hydroxylation sites is 1. The lowest BCUT2D eigenvalue weighted by Gasteiger charge is -2.03. The quantitative estimate of drug-likeness (QED) is 0.844. The van der Waals surface area contributed by atoms with Crippen LogP contribution in [0.1, 0.15) is 11.5 Å². The van der Waals surface area contributed by atoms with Crippen LogP contribution >= 0.6 is 0 Å². The summed E-state index contributed by atoms with van der Waals surface area (Å²) in [6.07, 6.45) is 0.0956. The molecular weight excluding hydrogens is 260 g/mol. The third-order valence-corrected chi connectivity index (χ3v) is 2.77. The molecule has 0 saturated heterocycles. The highest BCUT2D eigenvalue weighted by atomic mass is 16.6. The standard InChI is InChI=1S/C14H16N2O4/c1-9-11(8-13(17)16-19-3)15-14(20-9)10-6-4-5-7-12(10)18-2/h4-7H,8H2,1-3H3,(H,16,17). The predicted octanol–water partition coefficient (Wildman–Crippen LogP) is 1.88. The van der Waals surface area contributed by atoms with Crippen molar-refractivity contribution in [3.63, 3.8) is 0 Å². The van der Waals surface area contributed by atoms with Crippen molar-refractivity contribution >= 4 is 5.91 Å². The van der Waals surface area contributed by atoms with E-state index >= 15 is 0 Å². The molecular formula is C14H16N2O4. The van der Waals surface area contributed by atoms with Gasteiger partial charge in [-0.25, -0.2) is 10.5 Å². The molecule has 0 spiro atoms. The molecule has 0 bridgehead atoms. The number of ether oxygens (including phenoxy) is 1. The Morgan fingerprint density at radius 2 is 2.10 bits per heavy atom. The van der Waals surface area contributed by atoms with Gasteiger partial charge in [0.15, 0.2) is 0 Å². The number of nitrogens with zero attached hydrogens (tertiary/aromatic N) is 1. The van der Waals surface area contributed by atoms with Crippen molar-refractivity contribution in [1.29, 1.82) is 0 Å². The van der Waals surface area contributed by atoms with Crippen LogP contribution in [0.4, 0.5) is 0 Å². The molecule has 0 aliphatic heterocycles. The highest BCUT2D eigenvalue weighted by molar-refractivity contribution is 5.77. The van der Waals surface area contributed by atoms with E-state index < -0.39 is 0 Å². The van der Waals surface area contributed by atoms with Crippen LogP contribution in [0.2, 0.25) is 0 Å². The van der Waals surface area contributed by atoms with E-state index in [9.17, 15) is 4.79 Å². The molecule has 0 fully saturated rings. The minimum atomic E-state index is -0.282. The van der Waals surface area contributed by atoms with Crippen molar-refractivity contribution in [3.8, 4) is 17.2 Å². The van der Waals surface area contributed by atoms with Gasteiger partial charge >= 0.3 is 0 Å². The molecule has 106 valence electrons. The number of rotatable bonds is 5. The van der Waals surface area contributed by atoms with Crippen LogP contribution in [0.15, 0.2) is 28.7 Å². The lowest BCUT2D eigenvalue weighted by molar-refractivity contribution is -0.130. The molecule has 0 radical (unpaired) electrons. The number of hydrogen-bond acceptors (Lipinski definition) is 5. The summed E-state index contributed by atoms with van der Waals surface area (Å²) in [6, 6.07) is 7.41. The largest absolute Gasteiger partial charge is 0.496 e. The molecule has 0 unspecified atom stereocenters. The Bertz CT molecular complexity index is 607. The van der Waals surface area contributed by atoms with Gasteiger partial charge in [-0.2, -0.15) is 0 Å². The SMILES string of the molecule is CONC(=O)Cc1nc(-c2ccccc2OC)oc1C. The third kappa shape index (κ3) is 2.97. The van der Waals surface area contributed by atoms with Crippen LogP contribution in [-0.4, -0.2) is 25.1 Å². The zero-order valence-corrected chi connectivity index (χ0v) is 11.6. The molecule has 1 aromatic heterocycles. The predicted molar refractivity (Wildman–Crippen MR) is 72.1 cm³/mol. The first-order chi connectivity index (χ1) is 9.65. The van der Waals surface area contributed by atoms with Gasteiger partial charge in [-0.1, -0.05) is 12.1 Å². The number of nitrogens with one attached hydrogen (secondary N) is 1. The second-order valence-corrected chi connectivity index (χ2v) is 4.13. The van der Waals surface area contributed by atoms with E-state index in [-0.39, 0.29) is 12.3 Å². The summed E-state index contributed by atoms with van der Waals surface area (Å²) in [6.45, 7) is 1.77. The minimum absolute atomic E-state index is 0.0956. The van der Waals surface area contributed by atoms with Gasteiger partial charge in [0.1, 0.15) is 11.5 Å². The normalized spacial score (nSPS) is 10.3. The van der Waals surface area contributed by atoms with Gasteiger partial charge in [0, 0.05) is 0 Å². The second kappa shape index (κ2) is 6.21. The van der Waals surface area contributed by atoms with Gasteiger partial charge in [0.2, 0.25) is 11.8 Å². The first kappa shape index (κ1) is 14.1. The van der Waals surface area contributed by atoms with Gasteiger partial charge in [0.25, 0.3) is 0 Å². The van der Waals surface area contributed by atoms with Crippen molar-refractivity contribution in [1.82, 2.24) is 10.5 Å². The molecule has 0 atom stereocenters. The van der Waals surface area contributed by atoms with Gasteiger partial charge < -0.3 is 9.15 Å². The Kier molecular flexibility index (Phi) is 4.37. The van der Waals surface area contributed by atoms with E-state index in [4.69, 9.17) is 9.15 Å². The third-order valence-electron chi connectivity index (χ3n) is 2.77. The van der Waals surface area contributed by atoms with Crippen LogP contribution in [-0.2, 0) is 16.1 Å². The molecule has 1 N–H and O–H groups in total. The molecule has 6 heteroatoms. The Hall–Kier alpha value is -2.34. The molecule has 1 amide bonds. The highest BCUT2D eigenvalue weighted by Gasteiger charge is 2.16. The zero-order chi connectivity index (χ0) is 14.5. The number of aromatic nitrogens is 1. The van der Waals surface area contributed by atoms with Crippen LogP contribution < -0.4 is 10.2 Å². The van der Waals surface area contributed by atoms with Gasteiger partial charge in [-0.15, -0.1) is 0 Å². The van der Waals surface area contributed by atoms with E-state index in [1.165, 1.54) is 7.11 Å². The van der Waals surface area contributed by atoms with E-state index in [1.54, 1.807) is 14.0 Å². The summed E-state index contributed by atoms with van der Waals surface area (Å²) in [5.74, 6) is 1.41. The fourth-order valence-electron chi connectivity index (χ4n) is 1.83. The Morgan fingerprint density at radius 1 is 1.35 bits per heavy atom. The molecule has 0 saturated carbocycles. The number of hydrogen-bond donors (Lipinski definition) is 1. The van der Waals surface area contributed by atoms with Crippen LogP contribution in [0.3, 0.4) is 0 Å². The molecule has 6 nitrogen and oxygen atoms in total. The monoisotopic (exact) mass is 276 g/mol. The average molecular weight is 276 g/mol. The molecule has 20 heavy (non-hydrogen) atoms. The zero-order valence-electron chi connectivity index (χ0n) is 11.6. The smallest absolute Gasteiger partial charge is 0.249 e. The van der Waals surface area contributed by atoms with Crippen molar-refractivity contribution < 1.29 is 18.8 Å². The first-order valence-corrected chi connectivity index (χ1v) is 6.07. The van der Waals surface area contributed by atoms with E-state index in [0.717, 1.165) is 5.56 Å². The number of amides is 1. The number of carbonyl (C=O) groups is 1. The Labute approximate surface area is 116 Å². The van der Waals surface area contributed by atoms with E-state index in [0.29, 0.717) is 23.1 Å². The van der Waals surface area contributed by atoms with Crippen molar-refractivity contribution in [2.24, 2.45) is 0 Å². The number of oxazole rings is 1. The maximum absolute atomic E-state index is 11.5. The van der Waals surface area contributed by atoms with Gasteiger partial charge in [0.05, 0.1) is 31.9 Å². The minimum Gasteiger partial charge on any atom is -0.496 e. The summed E-state index contributed by atoms with van der Waals surface area (Å²) >= 11 is 0. The number of benzene rings is 1. The van der Waals surface area contributed by atoms with Crippen LogP contribution in [0, 0.1) is 6.92 Å². The summed E-state index contributed by atoms with van der Waals surface area (Å²) in [5.41, 5.74) is 3.56. The maximum atomic E-state index is 11.5. The first-order valence-electron chi connectivity index (χ1n) is 6.07. The summed E-state index contributed by atoms with van der Waals surface area (Å²) in [5, 5.41) is 0. The average Bonchev–Trinajstić information content (AvgIpc) is 2.80. The van der Waals surface area contributed by atoms with Crippen LogP contribution in [0.25, 0.3) is 11.5 Å². The molecule has 0 aliphatic carbocycles. The topological polar surface area (TPSA) is 73.6 Å². The van der Waals surface area contributed by atoms with Crippen LogP contribution in [0.5, 0.6) is 5.75 Å². The van der Waals surface area contributed by atoms with E-state index in [1.807, 2.05) is 24.3 Å². The summed E-state index contributed by atoms with van der Waals surface area (Å²) in [4.78, 5) is 20.4. The Balaban J connectivity index is 2.29. The van der Waals surface area contributed by atoms with E-state index in [2.05, 4.69) is 15.3 Å². The fraction of sp³-hybridized carbons (Fsp3) is 0.286. The second-order valence-electron chi connectivity index (χ2n) is 4.13. The molecule has 2 aromatic rings. The lowest BCUT2D eigenvalue weighted by atomic mass is 10.2. The number of methoxy groups -OCH3 is 1. The number of hydroxylamine groups is 1. The molecule has 2 rings (SSSR count).